The maximum atomic E-state index is 9.54. The molecule has 0 aliphatic carbocycles. The van der Waals surface area contributed by atoms with Crippen LogP contribution in [0.25, 0.3) is 87.6 Å². The van der Waals surface area contributed by atoms with Crippen LogP contribution < -0.4 is 0 Å². The van der Waals surface area contributed by atoms with Crippen molar-refractivity contribution in [2.75, 3.05) is 0 Å². The first-order chi connectivity index (χ1) is 32.2. The second-order valence-electron chi connectivity index (χ2n) is 9.26. The van der Waals surface area contributed by atoms with E-state index in [0.29, 0.717) is 0 Å². The molecule has 9 rings (SSSR count). The Kier molecular flexibility index (Phi) is 2.13. The van der Waals surface area contributed by atoms with E-state index in [2.05, 4.69) is 0 Å². The van der Waals surface area contributed by atoms with E-state index in [1.807, 2.05) is 0 Å². The van der Waals surface area contributed by atoms with Crippen molar-refractivity contribution >= 4 is 54.3 Å². The molecular weight excluding hydrogens is 520 g/mol. The molecule has 0 amide bonds. The lowest BCUT2D eigenvalue weighted by Gasteiger charge is -2.19. The van der Waals surface area contributed by atoms with Crippen LogP contribution >= 0.6 is 0 Å². The van der Waals surface area contributed by atoms with Gasteiger partial charge in [-0.1, -0.05) is 151 Å². The van der Waals surface area contributed by atoms with Gasteiger partial charge in [-0.25, -0.2) is 0 Å². The highest BCUT2D eigenvalue weighted by atomic mass is 16.3. The molecule has 1 nitrogen and oxygen atoms in total. The number of furan rings is 1. The SMILES string of the molecule is [2H]c1c([2H])c([2H])c(-c2c3c([2H])c([2H])c([2H])c([2H])c3c(-c3c([2H])c([2H])c([2H])c([2H])c3-c3c([2H])c([2H])c([2H])c4c3oc3c5c([2H])c([2H])c([2H])c([2H])c5c([2H])c([2H])c34)c3c([2H])c([2H])c([2H])c([2H])c23)c([2H])c1[2H]. The third-order valence-corrected chi connectivity index (χ3v) is 7.05. The molecule has 1 heteroatoms. The van der Waals surface area contributed by atoms with Gasteiger partial charge in [0.25, 0.3) is 0 Å². The van der Waals surface area contributed by atoms with Gasteiger partial charge in [-0.3, -0.25) is 0 Å². The maximum absolute atomic E-state index is 9.54. The molecular formula is C42H26O. The number of hydrogen-bond donors (Lipinski definition) is 0. The summed E-state index contributed by atoms with van der Waals surface area (Å²) >= 11 is 0. The van der Waals surface area contributed by atoms with Crippen LogP contribution in [0.1, 0.15) is 35.6 Å². The Morgan fingerprint density at radius 2 is 0.837 bits per heavy atom. The van der Waals surface area contributed by atoms with Crippen LogP contribution in [0.2, 0.25) is 0 Å². The second-order valence-corrected chi connectivity index (χ2v) is 9.26. The average Bonchev–Trinajstić information content (AvgIpc) is 3.72. The zero-order valence-electron chi connectivity index (χ0n) is 47.4. The Labute approximate surface area is 285 Å². The highest BCUT2D eigenvalue weighted by Crippen LogP contribution is 2.47. The first-order valence-corrected chi connectivity index (χ1v) is 12.7. The lowest BCUT2D eigenvalue weighted by atomic mass is 9.83. The first-order valence-electron chi connectivity index (χ1n) is 25.7. The molecule has 0 saturated heterocycles. The quantitative estimate of drug-likeness (QED) is 0.192. The largest absolute Gasteiger partial charge is 0.455 e. The molecule has 0 fully saturated rings. The Balaban J connectivity index is 1.65. The predicted octanol–water partition coefficient (Wildman–Crippen LogP) is 12.0. The van der Waals surface area contributed by atoms with Crippen LogP contribution in [0.15, 0.2) is 162 Å². The summed E-state index contributed by atoms with van der Waals surface area (Å²) in [6, 6.07) is -24.1. The van der Waals surface area contributed by atoms with Gasteiger partial charge in [0, 0.05) is 21.7 Å². The van der Waals surface area contributed by atoms with Gasteiger partial charge >= 0.3 is 0 Å². The summed E-state index contributed by atoms with van der Waals surface area (Å²) < 4.78 is 238. The Morgan fingerprint density at radius 3 is 1.56 bits per heavy atom. The van der Waals surface area contributed by atoms with E-state index in [9.17, 15) is 9.60 Å². The Hall–Kier alpha value is -5.66. The molecule has 1 heterocycles. The van der Waals surface area contributed by atoms with Crippen LogP contribution in [0.4, 0.5) is 0 Å². The summed E-state index contributed by atoms with van der Waals surface area (Å²) in [5.74, 6) is 0. The van der Waals surface area contributed by atoms with Gasteiger partial charge in [0.15, 0.2) is 0 Å². The molecule has 0 radical (unpaired) electrons. The van der Waals surface area contributed by atoms with Crippen molar-refractivity contribution in [2.45, 2.75) is 0 Å². The molecule has 0 unspecified atom stereocenters. The number of rotatable bonds is 3. The predicted molar refractivity (Wildman–Crippen MR) is 183 cm³/mol. The van der Waals surface area contributed by atoms with Gasteiger partial charge in [0.2, 0.25) is 0 Å². The number of fused-ring (bicyclic) bond motifs is 7. The fourth-order valence-corrected chi connectivity index (χ4v) is 5.30. The van der Waals surface area contributed by atoms with Gasteiger partial charge in [0.05, 0.1) is 35.6 Å². The molecule has 9 aromatic rings. The molecule has 8 aromatic carbocycles. The zero-order valence-corrected chi connectivity index (χ0v) is 21.4. The van der Waals surface area contributed by atoms with Crippen molar-refractivity contribution in [3.8, 4) is 33.4 Å². The topological polar surface area (TPSA) is 13.1 Å². The van der Waals surface area contributed by atoms with Crippen molar-refractivity contribution in [1.82, 2.24) is 0 Å². The summed E-state index contributed by atoms with van der Waals surface area (Å²) in [6.07, 6.45) is 0. The molecule has 0 aliphatic heterocycles. The average molecular weight is 573 g/mol. The minimum Gasteiger partial charge on any atom is -0.455 e. The van der Waals surface area contributed by atoms with Crippen LogP contribution in [0, 0.1) is 0 Å². The van der Waals surface area contributed by atoms with Gasteiger partial charge in [-0.05, 0) is 60.8 Å². The standard InChI is InChI=1S/C42H26O/c1-2-14-28(15-3-1)39-32-19-8-10-21-34(32)40(35-22-11-9-20-33(35)39)31-18-7-6-17-30(31)36-23-12-24-37-38-26-25-27-13-4-5-16-29(27)41(38)43-42(36)37/h1-26H/i1D,2D,3D,4D,5D,6D,7D,8D,9D,10D,11D,12D,13D,14D,15D,16D,17D,18D,19D,20D,21D,22D,23D,24D,25D,26D. The molecule has 0 bridgehead atoms. The summed E-state index contributed by atoms with van der Waals surface area (Å²) in [5, 5.41) is -4.89. The monoisotopic (exact) mass is 572 g/mol. The number of para-hydroxylation sites is 1. The van der Waals surface area contributed by atoms with Gasteiger partial charge in [0.1, 0.15) is 11.2 Å². The van der Waals surface area contributed by atoms with E-state index in [4.69, 9.17) is 30.5 Å². The third-order valence-electron chi connectivity index (χ3n) is 7.05. The summed E-state index contributed by atoms with van der Waals surface area (Å²) in [4.78, 5) is 0. The Morgan fingerprint density at radius 1 is 0.326 bits per heavy atom. The van der Waals surface area contributed by atoms with Gasteiger partial charge in [-0.15, -0.1) is 0 Å². The van der Waals surface area contributed by atoms with E-state index in [1.165, 1.54) is 0 Å². The van der Waals surface area contributed by atoms with Crippen molar-refractivity contribution < 1.29 is 40.1 Å². The van der Waals surface area contributed by atoms with Crippen LogP contribution in [-0.2, 0) is 0 Å². The minimum atomic E-state index is -1.07. The molecule has 200 valence electrons. The third kappa shape index (κ3) is 3.58. The molecule has 1 aromatic heterocycles. The van der Waals surface area contributed by atoms with E-state index in [1.54, 1.807) is 0 Å². The molecule has 0 atom stereocenters. The van der Waals surface area contributed by atoms with E-state index >= 15 is 0 Å². The van der Waals surface area contributed by atoms with Gasteiger partial charge in [-0.2, -0.15) is 0 Å². The smallest absolute Gasteiger partial charge is 0.143 e. The maximum Gasteiger partial charge on any atom is 0.143 e. The molecule has 0 N–H and O–H groups in total. The minimum absolute atomic E-state index is 0.459. The lowest BCUT2D eigenvalue weighted by Crippen LogP contribution is -1.92. The van der Waals surface area contributed by atoms with Crippen molar-refractivity contribution in [3.05, 3.63) is 157 Å². The van der Waals surface area contributed by atoms with E-state index in [0.717, 1.165) is 0 Å². The Bertz CT molecular complexity index is 3860. The molecule has 0 saturated carbocycles. The van der Waals surface area contributed by atoms with E-state index in [-0.39, 0.29) is 0 Å². The highest BCUT2D eigenvalue weighted by Gasteiger charge is 2.21. The molecule has 43 heavy (non-hydrogen) atoms. The van der Waals surface area contributed by atoms with Crippen molar-refractivity contribution in [3.63, 3.8) is 0 Å². The fourth-order valence-electron chi connectivity index (χ4n) is 5.30. The first kappa shape index (κ1) is 9.69. The molecule has 0 aliphatic rings. The summed E-state index contributed by atoms with van der Waals surface area (Å²) in [6.45, 7) is 0. The summed E-state index contributed by atoms with van der Waals surface area (Å²) in [7, 11) is 0. The van der Waals surface area contributed by atoms with Crippen molar-refractivity contribution in [2.24, 2.45) is 0 Å². The molecule has 0 spiro atoms. The van der Waals surface area contributed by atoms with Crippen LogP contribution in [-0.4, -0.2) is 0 Å². The summed E-state index contributed by atoms with van der Waals surface area (Å²) in [5.41, 5.74) is -5.89. The van der Waals surface area contributed by atoms with Crippen LogP contribution in [0.5, 0.6) is 0 Å². The zero-order chi connectivity index (χ0) is 51.0. The lowest BCUT2D eigenvalue weighted by molar-refractivity contribution is 0.674. The van der Waals surface area contributed by atoms with Crippen molar-refractivity contribution in [1.29, 1.82) is 0 Å². The van der Waals surface area contributed by atoms with Gasteiger partial charge < -0.3 is 4.42 Å². The van der Waals surface area contributed by atoms with E-state index < -0.39 is 245 Å². The fraction of sp³-hybridized carbons (Fsp3) is 0. The second kappa shape index (κ2) is 9.44. The number of benzene rings is 8. The highest BCUT2D eigenvalue weighted by molar-refractivity contribution is 6.23. The normalized spacial score (nSPS) is 20.2. The number of hydrogen-bond acceptors (Lipinski definition) is 1. The van der Waals surface area contributed by atoms with Crippen LogP contribution in [0.3, 0.4) is 0 Å².